The van der Waals surface area contributed by atoms with Gasteiger partial charge in [0.15, 0.2) is 0 Å². The number of nitro groups is 1. The summed E-state index contributed by atoms with van der Waals surface area (Å²) in [7, 11) is 1.50. The Balaban J connectivity index is 2.08. The Kier molecular flexibility index (Phi) is 3.55. The summed E-state index contributed by atoms with van der Waals surface area (Å²) in [4.78, 5) is 10.3. The molecule has 1 heterocycles. The molecule has 0 atom stereocenters. The third kappa shape index (κ3) is 2.92. The first-order valence-corrected chi connectivity index (χ1v) is 5.32. The Hall–Kier alpha value is -1.66. The van der Waals surface area contributed by atoms with E-state index in [1.54, 1.807) is 12.1 Å². The molecule has 0 bridgehead atoms. The van der Waals surface area contributed by atoms with Gasteiger partial charge in [0, 0.05) is 12.6 Å². The minimum atomic E-state index is -0.418. The van der Waals surface area contributed by atoms with Gasteiger partial charge in [0.05, 0.1) is 37.4 Å². The predicted octanol–water partition coefficient (Wildman–Crippen LogP) is 1.09. The Morgan fingerprint density at radius 2 is 2.29 bits per heavy atom. The van der Waals surface area contributed by atoms with E-state index < -0.39 is 4.92 Å². The first-order valence-electron chi connectivity index (χ1n) is 5.32. The molecule has 0 unspecified atom stereocenters. The molecule has 6 nitrogen and oxygen atoms in total. The highest BCUT2D eigenvalue weighted by molar-refractivity contribution is 5.42. The van der Waals surface area contributed by atoms with Crippen LogP contribution in [0.3, 0.4) is 0 Å². The molecule has 1 aromatic rings. The van der Waals surface area contributed by atoms with Crippen molar-refractivity contribution in [2.75, 3.05) is 20.3 Å². The van der Waals surface area contributed by atoms with E-state index in [-0.39, 0.29) is 5.69 Å². The summed E-state index contributed by atoms with van der Waals surface area (Å²) >= 11 is 0. The molecular weight excluding hydrogens is 224 g/mol. The number of nitrogens with zero attached hydrogens (tertiary/aromatic N) is 1. The highest BCUT2D eigenvalue weighted by Crippen LogP contribution is 2.22. The van der Waals surface area contributed by atoms with Crippen molar-refractivity contribution in [3.63, 3.8) is 0 Å². The van der Waals surface area contributed by atoms with Crippen LogP contribution in [0.5, 0.6) is 5.75 Å². The van der Waals surface area contributed by atoms with Gasteiger partial charge in [0.25, 0.3) is 5.69 Å². The van der Waals surface area contributed by atoms with Crippen LogP contribution >= 0.6 is 0 Å². The van der Waals surface area contributed by atoms with Crippen LogP contribution in [0.4, 0.5) is 5.69 Å². The van der Waals surface area contributed by atoms with Gasteiger partial charge in [-0.05, 0) is 11.6 Å². The summed E-state index contributed by atoms with van der Waals surface area (Å²) in [6.07, 6.45) is 0. The van der Waals surface area contributed by atoms with Gasteiger partial charge in [0.2, 0.25) is 0 Å². The average molecular weight is 238 g/mol. The molecule has 1 aliphatic rings. The van der Waals surface area contributed by atoms with Gasteiger partial charge >= 0.3 is 0 Å². The number of methoxy groups -OCH3 is 1. The lowest BCUT2D eigenvalue weighted by Crippen LogP contribution is -2.45. The summed E-state index contributed by atoms with van der Waals surface area (Å²) in [5.41, 5.74) is 0.883. The van der Waals surface area contributed by atoms with Gasteiger partial charge in [-0.3, -0.25) is 10.1 Å². The van der Waals surface area contributed by atoms with Crippen molar-refractivity contribution >= 4 is 5.69 Å². The maximum atomic E-state index is 10.7. The molecular formula is C11H14N2O4. The summed E-state index contributed by atoms with van der Waals surface area (Å²) < 4.78 is 10.1. The SMILES string of the molecule is COc1cc(CNC2COC2)cc([N+](=O)[O-])c1. The van der Waals surface area contributed by atoms with Gasteiger partial charge in [0.1, 0.15) is 5.75 Å². The Bertz CT molecular complexity index is 418. The molecule has 0 aliphatic carbocycles. The van der Waals surface area contributed by atoms with Crippen molar-refractivity contribution in [3.8, 4) is 5.75 Å². The van der Waals surface area contributed by atoms with E-state index in [1.165, 1.54) is 13.2 Å². The molecule has 0 saturated carbocycles. The van der Waals surface area contributed by atoms with Gasteiger partial charge in [-0.1, -0.05) is 0 Å². The Morgan fingerprint density at radius 3 is 2.82 bits per heavy atom. The molecule has 1 saturated heterocycles. The predicted molar refractivity (Wildman–Crippen MR) is 61.1 cm³/mol. The van der Waals surface area contributed by atoms with Crippen LogP contribution in [0.15, 0.2) is 18.2 Å². The minimum absolute atomic E-state index is 0.0472. The molecule has 0 spiro atoms. The van der Waals surface area contributed by atoms with Gasteiger partial charge in [-0.25, -0.2) is 0 Å². The molecule has 0 amide bonds. The number of hydrogen-bond donors (Lipinski definition) is 1. The van der Waals surface area contributed by atoms with Crippen LogP contribution < -0.4 is 10.1 Å². The second-order valence-electron chi connectivity index (χ2n) is 3.91. The van der Waals surface area contributed by atoms with E-state index in [0.717, 1.165) is 5.56 Å². The largest absolute Gasteiger partial charge is 0.496 e. The summed E-state index contributed by atoms with van der Waals surface area (Å²) in [6, 6.07) is 5.10. The third-order valence-corrected chi connectivity index (χ3v) is 2.63. The fourth-order valence-corrected chi connectivity index (χ4v) is 1.58. The second kappa shape index (κ2) is 5.11. The van der Waals surface area contributed by atoms with E-state index in [1.807, 2.05) is 0 Å². The van der Waals surface area contributed by atoms with Crippen molar-refractivity contribution in [1.82, 2.24) is 5.32 Å². The Labute approximate surface area is 98.7 Å². The lowest BCUT2D eigenvalue weighted by molar-refractivity contribution is -0.385. The number of benzene rings is 1. The number of nitro benzene ring substituents is 1. The average Bonchev–Trinajstić information content (AvgIpc) is 2.26. The zero-order chi connectivity index (χ0) is 12.3. The number of rotatable bonds is 5. The topological polar surface area (TPSA) is 73.6 Å². The van der Waals surface area contributed by atoms with E-state index in [9.17, 15) is 10.1 Å². The van der Waals surface area contributed by atoms with Crippen LogP contribution in [0.25, 0.3) is 0 Å². The number of ether oxygens (including phenoxy) is 2. The second-order valence-corrected chi connectivity index (χ2v) is 3.91. The zero-order valence-electron chi connectivity index (χ0n) is 9.51. The molecule has 1 aromatic carbocycles. The molecule has 2 rings (SSSR count). The van der Waals surface area contributed by atoms with Crippen molar-refractivity contribution in [2.24, 2.45) is 0 Å². The molecule has 1 fully saturated rings. The van der Waals surface area contributed by atoms with Crippen LogP contribution in [-0.4, -0.2) is 31.3 Å². The number of nitrogens with one attached hydrogen (secondary N) is 1. The maximum absolute atomic E-state index is 10.7. The van der Waals surface area contributed by atoms with Gasteiger partial charge in [-0.15, -0.1) is 0 Å². The quantitative estimate of drug-likeness (QED) is 0.614. The molecule has 92 valence electrons. The molecule has 0 radical (unpaired) electrons. The Morgan fingerprint density at radius 1 is 1.53 bits per heavy atom. The summed E-state index contributed by atoms with van der Waals surface area (Å²) in [5.74, 6) is 0.501. The third-order valence-electron chi connectivity index (χ3n) is 2.63. The molecule has 0 aromatic heterocycles. The van der Waals surface area contributed by atoms with Crippen LogP contribution in [0, 0.1) is 10.1 Å². The molecule has 1 aliphatic heterocycles. The fourth-order valence-electron chi connectivity index (χ4n) is 1.58. The van der Waals surface area contributed by atoms with Crippen LogP contribution in [0.2, 0.25) is 0 Å². The molecule has 17 heavy (non-hydrogen) atoms. The van der Waals surface area contributed by atoms with E-state index in [0.29, 0.717) is 31.5 Å². The lowest BCUT2D eigenvalue weighted by Gasteiger charge is -2.27. The summed E-state index contributed by atoms with van der Waals surface area (Å²) in [6.45, 7) is 1.98. The first kappa shape index (κ1) is 11.8. The maximum Gasteiger partial charge on any atom is 0.273 e. The van der Waals surface area contributed by atoms with Gasteiger partial charge in [-0.2, -0.15) is 0 Å². The van der Waals surface area contributed by atoms with E-state index in [2.05, 4.69) is 5.32 Å². The van der Waals surface area contributed by atoms with Crippen LogP contribution in [0.1, 0.15) is 5.56 Å². The highest BCUT2D eigenvalue weighted by atomic mass is 16.6. The zero-order valence-corrected chi connectivity index (χ0v) is 9.51. The molecule has 6 heteroatoms. The van der Waals surface area contributed by atoms with Crippen molar-refractivity contribution in [1.29, 1.82) is 0 Å². The van der Waals surface area contributed by atoms with Crippen LogP contribution in [-0.2, 0) is 11.3 Å². The lowest BCUT2D eigenvalue weighted by atomic mass is 10.1. The minimum Gasteiger partial charge on any atom is -0.496 e. The first-order chi connectivity index (χ1) is 8.19. The normalized spacial score (nSPS) is 15.4. The van der Waals surface area contributed by atoms with Crippen molar-refractivity contribution < 1.29 is 14.4 Å². The smallest absolute Gasteiger partial charge is 0.273 e. The molecule has 1 N–H and O–H groups in total. The standard InChI is InChI=1S/C11H14N2O4/c1-16-11-3-8(2-10(4-11)13(14)15)5-12-9-6-17-7-9/h2-4,9,12H,5-7H2,1H3. The fraction of sp³-hybridized carbons (Fsp3) is 0.455. The van der Waals surface area contributed by atoms with E-state index in [4.69, 9.17) is 9.47 Å². The number of hydrogen-bond acceptors (Lipinski definition) is 5. The van der Waals surface area contributed by atoms with E-state index >= 15 is 0 Å². The van der Waals surface area contributed by atoms with Gasteiger partial charge < -0.3 is 14.8 Å². The van der Waals surface area contributed by atoms with Crippen molar-refractivity contribution in [3.05, 3.63) is 33.9 Å². The number of non-ortho nitro benzene ring substituents is 1. The summed E-state index contributed by atoms with van der Waals surface area (Å²) in [5, 5.41) is 14.0. The highest BCUT2D eigenvalue weighted by Gasteiger charge is 2.18. The van der Waals surface area contributed by atoms with Crippen molar-refractivity contribution in [2.45, 2.75) is 12.6 Å². The monoisotopic (exact) mass is 238 g/mol.